The van der Waals surface area contributed by atoms with Crippen molar-refractivity contribution in [1.82, 2.24) is 9.88 Å². The van der Waals surface area contributed by atoms with E-state index in [1.165, 1.54) is 12.1 Å². The predicted octanol–water partition coefficient (Wildman–Crippen LogP) is 2.09. The largest absolute Gasteiger partial charge is 0.395 e. The quantitative estimate of drug-likeness (QED) is 0.847. The molecule has 0 saturated carbocycles. The third-order valence-corrected chi connectivity index (χ3v) is 2.55. The number of hydrogen-bond donors (Lipinski definition) is 1. The number of pyridine rings is 1. The fourth-order valence-electron chi connectivity index (χ4n) is 1.28. The first-order valence-electron chi connectivity index (χ1n) is 4.96. The number of aromatic nitrogens is 1. The van der Waals surface area contributed by atoms with E-state index in [1.807, 2.05) is 0 Å². The van der Waals surface area contributed by atoms with Gasteiger partial charge in [0.2, 0.25) is 0 Å². The van der Waals surface area contributed by atoms with E-state index in [4.69, 9.17) is 28.3 Å². The lowest BCUT2D eigenvalue weighted by atomic mass is 10.3. The van der Waals surface area contributed by atoms with Crippen molar-refractivity contribution in [2.75, 3.05) is 19.7 Å². The summed E-state index contributed by atoms with van der Waals surface area (Å²) in [5.41, 5.74) is -0.210. The van der Waals surface area contributed by atoms with Crippen molar-refractivity contribution < 1.29 is 18.7 Å². The van der Waals surface area contributed by atoms with E-state index in [1.54, 1.807) is 0 Å². The van der Waals surface area contributed by atoms with Gasteiger partial charge in [-0.25, -0.2) is 13.8 Å². The summed E-state index contributed by atoms with van der Waals surface area (Å²) >= 11 is 11.4. The first-order chi connectivity index (χ1) is 8.45. The van der Waals surface area contributed by atoms with Crippen LogP contribution < -0.4 is 0 Å². The number of rotatable bonds is 5. The Morgan fingerprint density at radius 2 is 2.11 bits per heavy atom. The van der Waals surface area contributed by atoms with Crippen molar-refractivity contribution in [2.45, 2.75) is 6.43 Å². The smallest absolute Gasteiger partial charge is 0.274 e. The molecule has 0 unspecified atom stereocenters. The van der Waals surface area contributed by atoms with Crippen LogP contribution in [0.1, 0.15) is 10.5 Å². The van der Waals surface area contributed by atoms with Crippen molar-refractivity contribution in [3.05, 3.63) is 28.0 Å². The Hall–Kier alpha value is -0.980. The van der Waals surface area contributed by atoms with Gasteiger partial charge in [-0.1, -0.05) is 23.2 Å². The molecule has 0 saturated heterocycles. The van der Waals surface area contributed by atoms with Crippen molar-refractivity contribution >= 4 is 29.1 Å². The van der Waals surface area contributed by atoms with Gasteiger partial charge < -0.3 is 10.0 Å². The molecule has 0 spiro atoms. The Bertz CT molecular complexity index is 432. The number of halogens is 4. The van der Waals surface area contributed by atoms with Crippen LogP contribution in [0.5, 0.6) is 0 Å². The van der Waals surface area contributed by atoms with Gasteiger partial charge in [-0.05, 0) is 12.1 Å². The standard InChI is InChI=1S/C10H10Cl2F2N2O2/c11-6-1-2-7(12)15-9(6)10(18)16(3-4-17)5-8(13)14/h1-2,8,17H,3-5H2. The minimum atomic E-state index is -2.71. The Kier molecular flexibility index (Phi) is 5.71. The van der Waals surface area contributed by atoms with E-state index < -0.39 is 25.5 Å². The zero-order valence-corrected chi connectivity index (χ0v) is 10.6. The molecular weight excluding hydrogens is 289 g/mol. The third-order valence-electron chi connectivity index (χ3n) is 2.03. The second kappa shape index (κ2) is 6.82. The monoisotopic (exact) mass is 298 g/mol. The van der Waals surface area contributed by atoms with Gasteiger partial charge in [-0.2, -0.15) is 0 Å². The van der Waals surface area contributed by atoms with Gasteiger partial charge in [0.25, 0.3) is 12.3 Å². The average molecular weight is 299 g/mol. The first kappa shape index (κ1) is 15.1. The summed E-state index contributed by atoms with van der Waals surface area (Å²) in [4.78, 5) is 16.4. The molecule has 0 aliphatic carbocycles. The van der Waals surface area contributed by atoms with Crippen LogP contribution in [0.15, 0.2) is 12.1 Å². The fourth-order valence-corrected chi connectivity index (χ4v) is 1.61. The van der Waals surface area contributed by atoms with Crippen LogP contribution in [0.25, 0.3) is 0 Å². The Labute approximate surface area is 112 Å². The van der Waals surface area contributed by atoms with Gasteiger partial charge in [0.05, 0.1) is 18.2 Å². The first-order valence-corrected chi connectivity index (χ1v) is 5.71. The molecule has 4 nitrogen and oxygen atoms in total. The maximum absolute atomic E-state index is 12.3. The zero-order chi connectivity index (χ0) is 13.7. The molecule has 1 aromatic rings. The zero-order valence-electron chi connectivity index (χ0n) is 9.12. The molecule has 0 aliphatic heterocycles. The second-order valence-electron chi connectivity index (χ2n) is 3.33. The fraction of sp³-hybridized carbons (Fsp3) is 0.400. The van der Waals surface area contributed by atoms with Crippen LogP contribution in [-0.2, 0) is 0 Å². The highest BCUT2D eigenvalue weighted by atomic mass is 35.5. The predicted molar refractivity (Wildman–Crippen MR) is 63.3 cm³/mol. The molecule has 0 atom stereocenters. The normalized spacial score (nSPS) is 10.8. The molecule has 1 heterocycles. The number of nitrogens with zero attached hydrogens (tertiary/aromatic N) is 2. The summed E-state index contributed by atoms with van der Waals surface area (Å²) in [5.74, 6) is -0.795. The molecule has 100 valence electrons. The van der Waals surface area contributed by atoms with Crippen LogP contribution in [0.3, 0.4) is 0 Å². The topological polar surface area (TPSA) is 53.4 Å². The highest BCUT2D eigenvalue weighted by Crippen LogP contribution is 2.18. The molecule has 8 heteroatoms. The van der Waals surface area contributed by atoms with E-state index in [0.717, 1.165) is 4.90 Å². The van der Waals surface area contributed by atoms with Crippen molar-refractivity contribution in [1.29, 1.82) is 0 Å². The van der Waals surface area contributed by atoms with Crippen LogP contribution in [-0.4, -0.2) is 47.0 Å². The van der Waals surface area contributed by atoms with Crippen molar-refractivity contribution in [3.8, 4) is 0 Å². The summed E-state index contributed by atoms with van der Waals surface area (Å²) in [5, 5.41) is 8.80. The molecule has 0 radical (unpaired) electrons. The van der Waals surface area contributed by atoms with Crippen molar-refractivity contribution in [2.24, 2.45) is 0 Å². The van der Waals surface area contributed by atoms with Crippen LogP contribution in [0.2, 0.25) is 10.2 Å². The Morgan fingerprint density at radius 1 is 1.44 bits per heavy atom. The maximum atomic E-state index is 12.3. The van der Waals surface area contributed by atoms with E-state index in [2.05, 4.69) is 4.98 Å². The van der Waals surface area contributed by atoms with Gasteiger partial charge >= 0.3 is 0 Å². The van der Waals surface area contributed by atoms with Gasteiger partial charge in [-0.15, -0.1) is 0 Å². The molecule has 0 bridgehead atoms. The van der Waals surface area contributed by atoms with Crippen LogP contribution >= 0.6 is 23.2 Å². The number of carbonyl (C=O) groups excluding carboxylic acids is 1. The lowest BCUT2D eigenvalue weighted by Crippen LogP contribution is -2.37. The van der Waals surface area contributed by atoms with E-state index in [0.29, 0.717) is 0 Å². The molecule has 0 aromatic carbocycles. The third kappa shape index (κ3) is 4.04. The molecule has 1 N–H and O–H groups in total. The summed E-state index contributed by atoms with van der Waals surface area (Å²) in [6.45, 7) is -1.46. The summed E-state index contributed by atoms with van der Waals surface area (Å²) in [6.07, 6.45) is -2.71. The molecule has 0 aliphatic rings. The Morgan fingerprint density at radius 3 is 2.67 bits per heavy atom. The second-order valence-corrected chi connectivity index (χ2v) is 4.12. The molecule has 0 fully saturated rings. The minimum Gasteiger partial charge on any atom is -0.395 e. The number of aliphatic hydroxyl groups excluding tert-OH is 1. The van der Waals surface area contributed by atoms with Gasteiger partial charge in [-0.3, -0.25) is 4.79 Å². The number of aliphatic hydroxyl groups is 1. The highest BCUT2D eigenvalue weighted by molar-refractivity contribution is 6.34. The average Bonchev–Trinajstić information content (AvgIpc) is 2.30. The summed E-state index contributed by atoms with van der Waals surface area (Å²) < 4.78 is 24.6. The van der Waals surface area contributed by atoms with Gasteiger partial charge in [0, 0.05) is 6.54 Å². The number of alkyl halides is 2. The highest BCUT2D eigenvalue weighted by Gasteiger charge is 2.22. The SMILES string of the molecule is O=C(c1nc(Cl)ccc1Cl)N(CCO)CC(F)F. The number of carbonyl (C=O) groups is 1. The van der Waals surface area contributed by atoms with Crippen molar-refractivity contribution in [3.63, 3.8) is 0 Å². The van der Waals surface area contributed by atoms with Crippen LogP contribution in [0, 0.1) is 0 Å². The molecule has 1 rings (SSSR count). The Balaban J connectivity index is 2.97. The summed E-state index contributed by atoms with van der Waals surface area (Å²) in [6, 6.07) is 2.73. The molecule has 18 heavy (non-hydrogen) atoms. The molecule has 1 aromatic heterocycles. The van der Waals surface area contributed by atoms with Crippen LogP contribution in [0.4, 0.5) is 8.78 Å². The van der Waals surface area contributed by atoms with Gasteiger partial charge in [0.15, 0.2) is 0 Å². The van der Waals surface area contributed by atoms with E-state index in [9.17, 15) is 13.6 Å². The van der Waals surface area contributed by atoms with E-state index in [-0.39, 0.29) is 22.4 Å². The summed E-state index contributed by atoms with van der Waals surface area (Å²) in [7, 11) is 0. The maximum Gasteiger partial charge on any atom is 0.274 e. The minimum absolute atomic E-state index is 0.0154. The molecular formula is C10H10Cl2F2N2O2. The van der Waals surface area contributed by atoms with E-state index >= 15 is 0 Å². The lowest BCUT2D eigenvalue weighted by Gasteiger charge is -2.21. The lowest BCUT2D eigenvalue weighted by molar-refractivity contribution is 0.0504. The molecule has 1 amide bonds. The number of amides is 1. The number of hydrogen-bond acceptors (Lipinski definition) is 3. The van der Waals surface area contributed by atoms with Gasteiger partial charge in [0.1, 0.15) is 10.8 Å².